The Bertz CT molecular complexity index is 1780. The molecule has 0 aromatic heterocycles. The molecule has 3 amide bonds. The van der Waals surface area contributed by atoms with Gasteiger partial charge < -0.3 is 49.5 Å². The number of rotatable bonds is 40. The van der Waals surface area contributed by atoms with Crippen LogP contribution in [0.2, 0.25) is 0 Å². The van der Waals surface area contributed by atoms with Crippen molar-refractivity contribution in [1.29, 1.82) is 0 Å². The first-order valence-electron chi connectivity index (χ1n) is 26.3. The normalized spacial score (nSPS) is 11.1. The van der Waals surface area contributed by atoms with Gasteiger partial charge in [0, 0.05) is 19.6 Å². The summed E-state index contributed by atoms with van der Waals surface area (Å²) in [6, 6.07) is 15.9. The van der Waals surface area contributed by atoms with Crippen molar-refractivity contribution in [2.24, 2.45) is 5.41 Å². The van der Waals surface area contributed by atoms with E-state index in [-0.39, 0.29) is 56.6 Å². The fourth-order valence-electron chi connectivity index (χ4n) is 7.67. The van der Waals surface area contributed by atoms with Crippen LogP contribution in [0.5, 0.6) is 34.5 Å². The number of benzene rings is 3. The molecule has 0 bridgehead atoms. The number of hydrogen-bond donors (Lipinski definition) is 4. The predicted octanol–water partition coefficient (Wildman–Crippen LogP) is 11.8. The van der Waals surface area contributed by atoms with Gasteiger partial charge in [-0.2, -0.15) is 0 Å². The molecule has 0 heterocycles. The zero-order chi connectivity index (χ0) is 50.8. The molecule has 0 aliphatic carbocycles. The average Bonchev–Trinajstić information content (AvgIpc) is 3.36. The molecule has 0 saturated carbocycles. The number of ether oxygens (including phenoxy) is 6. The first-order valence-corrected chi connectivity index (χ1v) is 26.3. The Balaban J connectivity index is 1.80. The largest absolute Gasteiger partial charge is 0.490 e. The molecule has 3 aromatic rings. The van der Waals surface area contributed by atoms with Crippen molar-refractivity contribution in [2.45, 2.75) is 157 Å². The van der Waals surface area contributed by atoms with E-state index < -0.39 is 11.4 Å². The molecule has 0 radical (unpaired) electrons. The summed E-state index contributed by atoms with van der Waals surface area (Å²) in [4.78, 5) is 54.6. The Hall–Kier alpha value is -5.66. The van der Waals surface area contributed by atoms with Crippen LogP contribution in [0.1, 0.15) is 188 Å². The lowest BCUT2D eigenvalue weighted by atomic mass is 9.75. The van der Waals surface area contributed by atoms with E-state index in [9.17, 15) is 24.3 Å². The molecular formula is C56H85N3O11. The van der Waals surface area contributed by atoms with E-state index in [0.717, 1.165) is 77.0 Å². The maximum absolute atomic E-state index is 13.7. The number of unbranched alkanes of at least 4 members (excludes halogenated alkanes) is 6. The maximum atomic E-state index is 13.7. The van der Waals surface area contributed by atoms with Gasteiger partial charge in [-0.25, -0.2) is 0 Å². The summed E-state index contributed by atoms with van der Waals surface area (Å²) >= 11 is 0. The van der Waals surface area contributed by atoms with E-state index in [2.05, 4.69) is 57.5 Å². The second-order valence-electron chi connectivity index (χ2n) is 17.8. The van der Waals surface area contributed by atoms with Crippen LogP contribution in [0.15, 0.2) is 54.6 Å². The predicted molar refractivity (Wildman–Crippen MR) is 277 cm³/mol. The third-order valence-electron chi connectivity index (χ3n) is 12.0. The van der Waals surface area contributed by atoms with Crippen molar-refractivity contribution in [3.63, 3.8) is 0 Å². The second kappa shape index (κ2) is 34.6. The lowest BCUT2D eigenvalue weighted by Crippen LogP contribution is -2.36. The molecule has 0 aliphatic heterocycles. The van der Waals surface area contributed by atoms with Gasteiger partial charge in [0.15, 0.2) is 34.5 Å². The van der Waals surface area contributed by atoms with Gasteiger partial charge in [-0.3, -0.25) is 19.2 Å². The Morgan fingerprint density at radius 3 is 0.900 bits per heavy atom. The molecule has 0 unspecified atom stereocenters. The Morgan fingerprint density at radius 1 is 0.400 bits per heavy atom. The molecule has 0 aliphatic rings. The van der Waals surface area contributed by atoms with E-state index in [1.165, 1.54) is 0 Å². The Kier molecular flexibility index (Phi) is 29.0. The van der Waals surface area contributed by atoms with Gasteiger partial charge in [0.1, 0.15) is 0 Å². The zero-order valence-corrected chi connectivity index (χ0v) is 43.3. The van der Waals surface area contributed by atoms with Crippen molar-refractivity contribution in [1.82, 2.24) is 16.0 Å². The number of amides is 3. The summed E-state index contributed by atoms with van der Waals surface area (Å²) in [5.74, 6) is 0.761. The smallest absolute Gasteiger partial charge is 0.309 e. The molecule has 3 rings (SSSR count). The number of para-hydroxylation sites is 3. The number of nitrogens with one attached hydrogen (secondary N) is 3. The van der Waals surface area contributed by atoms with Gasteiger partial charge in [0.2, 0.25) is 0 Å². The van der Waals surface area contributed by atoms with Crippen LogP contribution in [0.3, 0.4) is 0 Å². The van der Waals surface area contributed by atoms with E-state index in [1.807, 2.05) is 0 Å². The highest BCUT2D eigenvalue weighted by Crippen LogP contribution is 2.37. The average molecular weight is 976 g/mol. The lowest BCUT2D eigenvalue weighted by Gasteiger charge is -2.30. The highest BCUT2D eigenvalue weighted by Gasteiger charge is 2.37. The molecule has 14 nitrogen and oxygen atoms in total. The van der Waals surface area contributed by atoms with Gasteiger partial charge in [-0.1, -0.05) is 98.3 Å². The highest BCUT2D eigenvalue weighted by atomic mass is 16.5. The monoisotopic (exact) mass is 976 g/mol. The minimum Gasteiger partial charge on any atom is -0.490 e. The second-order valence-corrected chi connectivity index (χ2v) is 17.8. The zero-order valence-electron chi connectivity index (χ0n) is 43.3. The van der Waals surface area contributed by atoms with Crippen LogP contribution >= 0.6 is 0 Å². The molecule has 4 N–H and O–H groups in total. The molecule has 390 valence electrons. The summed E-state index contributed by atoms with van der Waals surface area (Å²) in [7, 11) is 0. The molecular weight excluding hydrogens is 891 g/mol. The van der Waals surface area contributed by atoms with Crippen LogP contribution in [0, 0.1) is 5.41 Å². The lowest BCUT2D eigenvalue weighted by molar-refractivity contribution is -0.150. The first kappa shape index (κ1) is 58.7. The summed E-state index contributed by atoms with van der Waals surface area (Å²) in [6.07, 6.45) is 12.5. The summed E-state index contributed by atoms with van der Waals surface area (Å²) in [5.41, 5.74) is -0.162. The van der Waals surface area contributed by atoms with Crippen LogP contribution < -0.4 is 44.4 Å². The first-order chi connectivity index (χ1) is 34.1. The number of carboxylic acid groups (broad SMARTS) is 1. The van der Waals surface area contributed by atoms with Crippen molar-refractivity contribution >= 4 is 23.7 Å². The van der Waals surface area contributed by atoms with E-state index in [4.69, 9.17) is 28.4 Å². The summed E-state index contributed by atoms with van der Waals surface area (Å²) < 4.78 is 36.4. The van der Waals surface area contributed by atoms with Gasteiger partial charge in [-0.05, 0) is 113 Å². The molecule has 14 heteroatoms. The van der Waals surface area contributed by atoms with E-state index in [1.54, 1.807) is 54.6 Å². The van der Waals surface area contributed by atoms with Crippen LogP contribution in [-0.4, -0.2) is 88.1 Å². The highest BCUT2D eigenvalue weighted by molar-refractivity contribution is 5.99. The quantitative estimate of drug-likeness (QED) is 0.0398. The molecule has 3 aromatic carbocycles. The van der Waals surface area contributed by atoms with E-state index >= 15 is 0 Å². The number of aliphatic carboxylic acids is 1. The van der Waals surface area contributed by atoms with Crippen molar-refractivity contribution < 1.29 is 52.7 Å². The third-order valence-corrected chi connectivity index (χ3v) is 12.0. The van der Waals surface area contributed by atoms with Crippen molar-refractivity contribution in [3.05, 3.63) is 71.3 Å². The number of carboxylic acids is 1. The Morgan fingerprint density at radius 2 is 0.657 bits per heavy atom. The van der Waals surface area contributed by atoms with Crippen LogP contribution in [-0.2, 0) is 4.79 Å². The topological polar surface area (TPSA) is 180 Å². The van der Waals surface area contributed by atoms with E-state index in [0.29, 0.717) is 110 Å². The summed E-state index contributed by atoms with van der Waals surface area (Å²) in [6.45, 7) is 15.9. The number of carbonyl (C=O) groups is 4. The number of carbonyl (C=O) groups excluding carboxylic acids is 3. The molecule has 70 heavy (non-hydrogen) atoms. The minimum atomic E-state index is -1.23. The fourth-order valence-corrected chi connectivity index (χ4v) is 7.67. The maximum Gasteiger partial charge on any atom is 0.309 e. The molecule has 0 atom stereocenters. The fraction of sp³-hybridized carbons (Fsp3) is 0.607. The third kappa shape index (κ3) is 20.0. The van der Waals surface area contributed by atoms with Gasteiger partial charge in [0.25, 0.3) is 17.7 Å². The van der Waals surface area contributed by atoms with Gasteiger partial charge >= 0.3 is 5.97 Å². The number of hydrogen-bond acceptors (Lipinski definition) is 10. The molecule has 0 spiro atoms. The SMILES string of the molecule is CCCCOc1cccc(C(=O)NCCCC(CCCNC(=O)c2cccc(OCCCC)c2OCCCC)(CCCNC(=O)c2cccc(OCCCC)c2OCCCC)C(=O)O)c1OCCCC. The molecule has 0 saturated heterocycles. The summed E-state index contributed by atoms with van der Waals surface area (Å²) in [5, 5.41) is 20.0. The van der Waals surface area contributed by atoms with Crippen LogP contribution in [0.25, 0.3) is 0 Å². The van der Waals surface area contributed by atoms with Crippen LogP contribution in [0.4, 0.5) is 0 Å². The minimum absolute atomic E-state index is 0.214. The van der Waals surface area contributed by atoms with Gasteiger partial charge in [0.05, 0.1) is 61.7 Å². The van der Waals surface area contributed by atoms with Crippen molar-refractivity contribution in [3.8, 4) is 34.5 Å². The van der Waals surface area contributed by atoms with Gasteiger partial charge in [-0.15, -0.1) is 0 Å². The molecule has 0 fully saturated rings. The standard InChI is InChI=1S/C56H85N3O11/c1-7-13-37-65-46-28-19-25-43(49(46)68-40-16-10-4)52(60)57-34-22-31-56(55(63)64,32-23-35-58-53(61)44-26-20-29-47(66-38-14-8-2)50(44)69-41-17-11-5)33-24-36-59-54(62)45-27-21-30-48(67-39-15-9-3)51(45)70-42-18-12-6/h19-21,25-30H,7-18,22-24,31-42H2,1-6H3,(H,57,60)(H,58,61)(H,59,62)(H,63,64). The Labute approximate surface area is 418 Å². The van der Waals surface area contributed by atoms with Crippen molar-refractivity contribution in [2.75, 3.05) is 59.3 Å².